The summed E-state index contributed by atoms with van der Waals surface area (Å²) < 4.78 is 8.41. The van der Waals surface area contributed by atoms with E-state index in [-0.39, 0.29) is 19.6 Å². The summed E-state index contributed by atoms with van der Waals surface area (Å²) in [5.74, 6) is 4.65. The van der Waals surface area contributed by atoms with Crippen LogP contribution in [0.3, 0.4) is 0 Å². The summed E-state index contributed by atoms with van der Waals surface area (Å²) >= 11 is 3.19. The zero-order valence-electron chi connectivity index (χ0n) is 12.7. The minimum atomic E-state index is -1.50. The van der Waals surface area contributed by atoms with Gasteiger partial charge in [0, 0.05) is 12.0 Å². The quantitative estimate of drug-likeness (QED) is 0.336. The molecule has 0 saturated carbocycles. The van der Waals surface area contributed by atoms with Gasteiger partial charge in [0.2, 0.25) is 4.32 Å². The molecule has 0 amide bonds. The van der Waals surface area contributed by atoms with Gasteiger partial charge in [-0.3, -0.25) is 0 Å². The Hall–Kier alpha value is -1.80. The molecule has 0 aliphatic carbocycles. The smallest absolute Gasteiger partial charge is 0.334 e. The van der Waals surface area contributed by atoms with Gasteiger partial charge in [0.1, 0.15) is 0 Å². The second kappa shape index (κ2) is 9.26. The molecule has 0 N–H and O–H groups in total. The van der Waals surface area contributed by atoms with E-state index in [1.165, 1.54) is 0 Å². The maximum Gasteiger partial charge on any atom is 0.334 e. The number of alkyl halides is 1. The summed E-state index contributed by atoms with van der Waals surface area (Å²) in [6.07, 6.45) is 0.544. The van der Waals surface area contributed by atoms with Crippen LogP contribution in [-0.4, -0.2) is 29.5 Å². The first-order chi connectivity index (χ1) is 10.5. The van der Waals surface area contributed by atoms with E-state index in [2.05, 4.69) is 27.8 Å². The molecule has 0 radical (unpaired) electrons. The van der Waals surface area contributed by atoms with E-state index in [0.29, 0.717) is 6.42 Å². The molecule has 1 rings (SSSR count). The van der Waals surface area contributed by atoms with Crippen molar-refractivity contribution >= 4 is 27.9 Å². The van der Waals surface area contributed by atoms with Crippen LogP contribution in [0.1, 0.15) is 32.3 Å². The fraction of sp³-hybridized carbons (Fsp3) is 0.412. The van der Waals surface area contributed by atoms with Crippen molar-refractivity contribution in [3.05, 3.63) is 35.9 Å². The molecule has 22 heavy (non-hydrogen) atoms. The molecule has 0 saturated heterocycles. The minimum Gasteiger partial charge on any atom is -0.465 e. The van der Waals surface area contributed by atoms with Crippen LogP contribution in [0.4, 0.5) is 0 Å². The van der Waals surface area contributed by atoms with E-state index in [1.54, 1.807) is 13.8 Å². The molecule has 0 aromatic heterocycles. The highest BCUT2D eigenvalue weighted by atomic mass is 79.9. The summed E-state index contributed by atoms with van der Waals surface area (Å²) in [5, 5.41) is 0. The summed E-state index contributed by atoms with van der Waals surface area (Å²) in [5.41, 5.74) is 0.884. The van der Waals surface area contributed by atoms with Gasteiger partial charge in [0.15, 0.2) is 0 Å². The average Bonchev–Trinajstić information content (AvgIpc) is 2.52. The third-order valence-corrected chi connectivity index (χ3v) is 3.84. The van der Waals surface area contributed by atoms with Gasteiger partial charge in [-0.05, 0) is 32.4 Å². The lowest BCUT2D eigenvalue weighted by Crippen LogP contribution is -2.43. The van der Waals surface area contributed by atoms with Gasteiger partial charge in [-0.15, -0.1) is 0 Å². The van der Waals surface area contributed by atoms with Crippen LogP contribution in [-0.2, 0) is 19.1 Å². The van der Waals surface area contributed by atoms with E-state index in [1.807, 2.05) is 30.3 Å². The van der Waals surface area contributed by atoms with Crippen molar-refractivity contribution < 1.29 is 19.1 Å². The van der Waals surface area contributed by atoms with Crippen molar-refractivity contribution in [1.29, 1.82) is 0 Å². The zero-order chi connectivity index (χ0) is 16.4. The lowest BCUT2D eigenvalue weighted by Gasteiger charge is -2.22. The van der Waals surface area contributed by atoms with Gasteiger partial charge >= 0.3 is 11.9 Å². The third-order valence-electron chi connectivity index (χ3n) is 2.80. The largest absolute Gasteiger partial charge is 0.465 e. The Balaban J connectivity index is 2.75. The Bertz CT molecular complexity index is 539. The van der Waals surface area contributed by atoms with Gasteiger partial charge in [-0.25, -0.2) is 9.59 Å². The molecule has 0 spiro atoms. The second-order valence-corrected chi connectivity index (χ2v) is 5.76. The summed E-state index contributed by atoms with van der Waals surface area (Å²) in [6, 6.07) is 9.50. The van der Waals surface area contributed by atoms with Crippen molar-refractivity contribution in [3.63, 3.8) is 0 Å². The second-order valence-electron chi connectivity index (χ2n) is 4.41. The Kier molecular flexibility index (Phi) is 7.69. The van der Waals surface area contributed by atoms with Crippen LogP contribution >= 0.6 is 15.9 Å². The Morgan fingerprint density at radius 3 is 2.14 bits per heavy atom. The van der Waals surface area contributed by atoms with Crippen molar-refractivity contribution in [3.8, 4) is 11.8 Å². The Labute approximate surface area is 139 Å². The zero-order valence-corrected chi connectivity index (χ0v) is 14.3. The SMILES string of the molecule is CCOC(=O)C(Br)(CCC#Cc1ccccc1)C(=O)OCC. The van der Waals surface area contributed by atoms with Crippen LogP contribution in [0, 0.1) is 11.8 Å². The maximum atomic E-state index is 12.0. The predicted molar refractivity (Wildman–Crippen MR) is 87.5 cm³/mol. The number of carbonyl (C=O) groups excluding carboxylic acids is 2. The third kappa shape index (κ3) is 5.19. The Morgan fingerprint density at radius 2 is 1.64 bits per heavy atom. The van der Waals surface area contributed by atoms with Gasteiger partial charge < -0.3 is 9.47 Å². The van der Waals surface area contributed by atoms with Crippen LogP contribution < -0.4 is 0 Å². The molecule has 0 fully saturated rings. The number of carbonyl (C=O) groups is 2. The highest BCUT2D eigenvalue weighted by molar-refractivity contribution is 9.10. The first-order valence-corrected chi connectivity index (χ1v) is 7.91. The molecule has 0 unspecified atom stereocenters. The van der Waals surface area contributed by atoms with E-state index in [0.717, 1.165) is 5.56 Å². The Morgan fingerprint density at radius 1 is 1.09 bits per heavy atom. The molecule has 1 aromatic rings. The van der Waals surface area contributed by atoms with Crippen molar-refractivity contribution in [2.24, 2.45) is 0 Å². The standard InChI is InChI=1S/C17H19BrO4/c1-3-21-15(19)17(18,16(20)22-4-2)13-9-8-12-14-10-6-5-7-11-14/h5-7,10-11H,3-4,9,13H2,1-2H3. The number of rotatable bonds is 6. The molecule has 5 heteroatoms. The van der Waals surface area contributed by atoms with Crippen LogP contribution in [0.2, 0.25) is 0 Å². The van der Waals surface area contributed by atoms with Gasteiger partial charge in [0.25, 0.3) is 0 Å². The number of ether oxygens (including phenoxy) is 2. The van der Waals surface area contributed by atoms with Crippen LogP contribution in [0.25, 0.3) is 0 Å². The highest BCUT2D eigenvalue weighted by Crippen LogP contribution is 2.28. The van der Waals surface area contributed by atoms with Gasteiger partial charge in [0.05, 0.1) is 13.2 Å². The van der Waals surface area contributed by atoms with E-state index in [4.69, 9.17) is 9.47 Å². The maximum absolute atomic E-state index is 12.0. The number of benzene rings is 1. The first kappa shape index (κ1) is 18.2. The summed E-state index contributed by atoms with van der Waals surface area (Å²) in [6.45, 7) is 3.76. The molecule has 0 aliphatic heterocycles. The number of hydrogen-bond acceptors (Lipinski definition) is 4. The number of hydrogen-bond donors (Lipinski definition) is 0. The lowest BCUT2D eigenvalue weighted by atomic mass is 10.0. The fourth-order valence-electron chi connectivity index (χ4n) is 1.70. The number of halogens is 1. The molecular weight excluding hydrogens is 348 g/mol. The fourth-order valence-corrected chi connectivity index (χ4v) is 2.13. The molecular formula is C17H19BrO4. The average molecular weight is 367 g/mol. The predicted octanol–water partition coefficient (Wildman–Crippen LogP) is 3.08. The molecule has 0 heterocycles. The molecule has 1 aromatic carbocycles. The topological polar surface area (TPSA) is 52.6 Å². The molecule has 0 aliphatic rings. The monoisotopic (exact) mass is 366 g/mol. The molecule has 118 valence electrons. The van der Waals surface area contributed by atoms with E-state index in [9.17, 15) is 9.59 Å². The summed E-state index contributed by atoms with van der Waals surface area (Å²) in [7, 11) is 0. The van der Waals surface area contributed by atoms with Crippen LogP contribution in [0.15, 0.2) is 30.3 Å². The summed E-state index contributed by atoms with van der Waals surface area (Å²) in [4.78, 5) is 24.1. The molecule has 4 nitrogen and oxygen atoms in total. The molecule has 0 bridgehead atoms. The minimum absolute atomic E-state index is 0.185. The van der Waals surface area contributed by atoms with Crippen LogP contribution in [0.5, 0.6) is 0 Å². The normalized spacial score (nSPS) is 10.3. The van der Waals surface area contributed by atoms with Gasteiger partial charge in [-0.1, -0.05) is 46.0 Å². The van der Waals surface area contributed by atoms with Gasteiger partial charge in [-0.2, -0.15) is 0 Å². The van der Waals surface area contributed by atoms with Crippen molar-refractivity contribution in [1.82, 2.24) is 0 Å². The van der Waals surface area contributed by atoms with Crippen molar-refractivity contribution in [2.75, 3.05) is 13.2 Å². The number of esters is 2. The lowest BCUT2D eigenvalue weighted by molar-refractivity contribution is -0.158. The van der Waals surface area contributed by atoms with E-state index >= 15 is 0 Å². The van der Waals surface area contributed by atoms with Crippen molar-refractivity contribution in [2.45, 2.75) is 31.0 Å². The van der Waals surface area contributed by atoms with E-state index < -0.39 is 16.3 Å². The first-order valence-electron chi connectivity index (χ1n) is 7.11. The highest BCUT2D eigenvalue weighted by Gasteiger charge is 2.46. The molecule has 0 atom stereocenters.